The summed E-state index contributed by atoms with van der Waals surface area (Å²) >= 11 is 0. The van der Waals surface area contributed by atoms with Gasteiger partial charge < -0.3 is 17.7 Å². The minimum Gasteiger partial charge on any atom is -0.455 e. The quantitative estimate of drug-likeness (QED) is 0.148. The Balaban J connectivity index is 0.000000112. The molecule has 0 amide bonds. The lowest BCUT2D eigenvalue weighted by Crippen LogP contribution is -1.91. The van der Waals surface area contributed by atoms with E-state index in [2.05, 4.69) is 285 Å². The van der Waals surface area contributed by atoms with Crippen molar-refractivity contribution in [1.82, 2.24) is 19.9 Å². The fourth-order valence-electron chi connectivity index (χ4n) is 12.3. The number of aromatic nitrogens is 4. The van der Waals surface area contributed by atoms with E-state index in [1.165, 1.54) is 55.6 Å². The molecule has 456 valence electrons. The SMILES string of the molecule is Cc1ccc(-c2cccc3c2oc2c(C(C)C)ccnc23)cc1.Cc1ccc(-c2cccc3c2oc2c(C(C)C)cncc23)cc1.Cc1ccc(-c2cccc3c2oc2c(C(C)C)nccc23)cc1.Cc1ccc(-c2cccc3c2oc2ncc(C(C)C)cc23)cc1. The van der Waals surface area contributed by atoms with Gasteiger partial charge in [-0.2, -0.15) is 0 Å². The van der Waals surface area contributed by atoms with Crippen molar-refractivity contribution >= 4 is 88.0 Å². The van der Waals surface area contributed by atoms with Crippen LogP contribution in [0.25, 0.3) is 133 Å². The average Bonchev–Trinajstić information content (AvgIpc) is 1.68. The van der Waals surface area contributed by atoms with Gasteiger partial charge >= 0.3 is 0 Å². The summed E-state index contributed by atoms with van der Waals surface area (Å²) in [6, 6.07) is 65.9. The molecule has 8 aromatic carbocycles. The minimum atomic E-state index is 0.335. The van der Waals surface area contributed by atoms with Crippen molar-refractivity contribution in [2.75, 3.05) is 0 Å². The number of fused-ring (bicyclic) bond motifs is 12. The van der Waals surface area contributed by atoms with Crippen LogP contribution in [0.15, 0.2) is 237 Å². The van der Waals surface area contributed by atoms with E-state index in [-0.39, 0.29) is 0 Å². The standard InChI is InChI=1S/4C21H19NO/c1-13(2)16-11-19-18-6-4-5-17(15-9-7-14(3)8-10-15)20(18)23-21(19)22-12-16;1-13(2)18-11-22-12-19-17-6-4-5-16(20(17)23-21(18)19)15-9-7-14(3)8-10-15;1-13(2)16-11-12-22-19-18-6-4-5-17(20(18)23-21(16)19)15-9-7-14(3)8-10-15;1-13(2)19-21-18(11-12-22-19)17-6-4-5-16(20(17)23-21)15-9-7-14(3)8-10-15/h4*4-13H,1-3H3. The highest BCUT2D eigenvalue weighted by molar-refractivity contribution is 6.12. The van der Waals surface area contributed by atoms with Crippen LogP contribution in [0.4, 0.5) is 0 Å². The Bertz CT molecular complexity index is 4900. The zero-order valence-electron chi connectivity index (χ0n) is 54.5. The third-order valence-corrected chi connectivity index (χ3v) is 17.6. The highest BCUT2D eigenvalue weighted by atomic mass is 16.3. The van der Waals surface area contributed by atoms with E-state index in [1.54, 1.807) is 0 Å². The summed E-state index contributed by atoms with van der Waals surface area (Å²) in [6.07, 6.45) is 9.50. The number of benzene rings is 8. The van der Waals surface area contributed by atoms with E-state index in [9.17, 15) is 0 Å². The van der Waals surface area contributed by atoms with Gasteiger partial charge in [-0.15, -0.1) is 0 Å². The van der Waals surface area contributed by atoms with E-state index in [0.29, 0.717) is 29.4 Å². The third-order valence-electron chi connectivity index (χ3n) is 17.6. The maximum absolute atomic E-state index is 6.32. The molecule has 8 nitrogen and oxygen atoms in total. The molecule has 92 heavy (non-hydrogen) atoms. The molecule has 0 unspecified atom stereocenters. The summed E-state index contributed by atoms with van der Waals surface area (Å²) in [5.74, 6) is 1.58. The Morgan fingerprint density at radius 1 is 0.293 bits per heavy atom. The van der Waals surface area contributed by atoms with Crippen molar-refractivity contribution in [2.24, 2.45) is 0 Å². The zero-order chi connectivity index (χ0) is 63.9. The second-order valence-electron chi connectivity index (χ2n) is 25.6. The van der Waals surface area contributed by atoms with Crippen LogP contribution >= 0.6 is 0 Å². The monoisotopic (exact) mass is 1200 g/mol. The van der Waals surface area contributed by atoms with Crippen LogP contribution in [-0.4, -0.2) is 19.9 Å². The first-order valence-electron chi connectivity index (χ1n) is 32.1. The predicted molar refractivity (Wildman–Crippen MR) is 383 cm³/mol. The van der Waals surface area contributed by atoms with E-state index in [4.69, 9.17) is 17.7 Å². The lowest BCUT2D eigenvalue weighted by Gasteiger charge is -2.04. The summed E-state index contributed by atoms with van der Waals surface area (Å²) in [5, 5.41) is 7.84. The molecule has 8 heteroatoms. The fourth-order valence-corrected chi connectivity index (χ4v) is 12.3. The number of nitrogens with zero attached hydrogens (tertiary/aromatic N) is 4. The molecule has 16 rings (SSSR count). The Kier molecular flexibility index (Phi) is 16.7. The number of furan rings is 4. The second kappa shape index (κ2) is 25.4. The van der Waals surface area contributed by atoms with E-state index >= 15 is 0 Å². The van der Waals surface area contributed by atoms with Gasteiger partial charge in [0.1, 0.15) is 33.4 Å². The Morgan fingerprint density at radius 3 is 1.18 bits per heavy atom. The van der Waals surface area contributed by atoms with Gasteiger partial charge in [0.15, 0.2) is 11.2 Å². The summed E-state index contributed by atoms with van der Waals surface area (Å²) in [6.45, 7) is 25.8. The minimum absolute atomic E-state index is 0.335. The van der Waals surface area contributed by atoms with Gasteiger partial charge in [-0.3, -0.25) is 15.0 Å². The topological polar surface area (TPSA) is 104 Å². The third kappa shape index (κ3) is 11.7. The van der Waals surface area contributed by atoms with Crippen molar-refractivity contribution in [2.45, 2.75) is 107 Å². The molecular formula is C84H76N4O4. The van der Waals surface area contributed by atoms with Gasteiger partial charge in [-0.25, -0.2) is 4.98 Å². The van der Waals surface area contributed by atoms with Crippen molar-refractivity contribution in [3.63, 3.8) is 0 Å². The van der Waals surface area contributed by atoms with Gasteiger partial charge in [0.05, 0.1) is 5.69 Å². The number of rotatable bonds is 8. The summed E-state index contributed by atoms with van der Waals surface area (Å²) < 4.78 is 25.0. The molecule has 0 aliphatic rings. The van der Waals surface area contributed by atoms with E-state index < -0.39 is 0 Å². The molecule has 16 aromatic rings. The van der Waals surface area contributed by atoms with Gasteiger partial charge in [-0.1, -0.05) is 241 Å². The highest BCUT2D eigenvalue weighted by Crippen LogP contribution is 2.42. The Morgan fingerprint density at radius 2 is 0.707 bits per heavy atom. The molecule has 0 aliphatic carbocycles. The van der Waals surface area contributed by atoms with Crippen LogP contribution in [-0.2, 0) is 0 Å². The Labute approximate surface area is 537 Å². The highest BCUT2D eigenvalue weighted by Gasteiger charge is 2.21. The lowest BCUT2D eigenvalue weighted by molar-refractivity contribution is 0.651. The first-order valence-corrected chi connectivity index (χ1v) is 32.1. The number of para-hydroxylation sites is 4. The van der Waals surface area contributed by atoms with Gasteiger partial charge in [0.25, 0.3) is 0 Å². The summed E-state index contributed by atoms with van der Waals surface area (Å²) in [4.78, 5) is 18.0. The summed E-state index contributed by atoms with van der Waals surface area (Å²) in [7, 11) is 0. The second-order valence-corrected chi connectivity index (χ2v) is 25.6. The van der Waals surface area contributed by atoms with Gasteiger partial charge in [0, 0.05) is 102 Å². The molecule has 0 saturated carbocycles. The van der Waals surface area contributed by atoms with Gasteiger partial charge in [0.2, 0.25) is 5.71 Å². The normalized spacial score (nSPS) is 11.7. The van der Waals surface area contributed by atoms with Crippen molar-refractivity contribution in [3.05, 3.63) is 264 Å². The van der Waals surface area contributed by atoms with Crippen LogP contribution < -0.4 is 0 Å². The first kappa shape index (κ1) is 60.5. The maximum Gasteiger partial charge on any atom is 0.227 e. The van der Waals surface area contributed by atoms with E-state index in [1.807, 2.05) is 37.1 Å². The Hall–Kier alpha value is -10.4. The average molecular weight is 1210 g/mol. The molecule has 8 heterocycles. The fraction of sp³-hybridized carbons (Fsp3) is 0.190. The number of aryl methyl sites for hydroxylation is 4. The molecule has 0 N–H and O–H groups in total. The van der Waals surface area contributed by atoms with Crippen LogP contribution in [0.1, 0.15) is 124 Å². The molecular weight excluding hydrogens is 1130 g/mol. The van der Waals surface area contributed by atoms with Crippen molar-refractivity contribution < 1.29 is 17.7 Å². The van der Waals surface area contributed by atoms with Crippen LogP contribution in [0.5, 0.6) is 0 Å². The van der Waals surface area contributed by atoms with E-state index in [0.717, 1.165) is 116 Å². The molecule has 8 aromatic heterocycles. The number of pyridine rings is 4. The smallest absolute Gasteiger partial charge is 0.227 e. The largest absolute Gasteiger partial charge is 0.455 e. The molecule has 0 spiro atoms. The van der Waals surface area contributed by atoms with Crippen molar-refractivity contribution in [1.29, 1.82) is 0 Å². The number of hydrogen-bond donors (Lipinski definition) is 0. The molecule has 0 aliphatic heterocycles. The molecule has 0 fully saturated rings. The molecule has 0 radical (unpaired) electrons. The first-order chi connectivity index (χ1) is 44.6. The number of hydrogen-bond acceptors (Lipinski definition) is 8. The predicted octanol–water partition coefficient (Wildman–Crippen LogP) is 24.3. The van der Waals surface area contributed by atoms with Crippen LogP contribution in [0, 0.1) is 27.7 Å². The molecule has 0 atom stereocenters. The van der Waals surface area contributed by atoms with Crippen LogP contribution in [0.2, 0.25) is 0 Å². The maximum atomic E-state index is 6.32. The van der Waals surface area contributed by atoms with Gasteiger partial charge in [-0.05, 0) is 103 Å². The van der Waals surface area contributed by atoms with Crippen LogP contribution in [0.3, 0.4) is 0 Å². The summed E-state index contributed by atoms with van der Waals surface area (Å²) in [5.41, 5.74) is 27.1. The molecule has 0 saturated heterocycles. The van der Waals surface area contributed by atoms with Crippen molar-refractivity contribution in [3.8, 4) is 44.5 Å². The lowest BCUT2D eigenvalue weighted by atomic mass is 10.0. The molecule has 0 bridgehead atoms. The zero-order valence-corrected chi connectivity index (χ0v) is 54.5.